The van der Waals surface area contributed by atoms with Crippen LogP contribution in [0.25, 0.3) is 6.08 Å². The third-order valence-corrected chi connectivity index (χ3v) is 3.09. The number of rotatable bonds is 5. The van der Waals surface area contributed by atoms with Crippen molar-refractivity contribution >= 4 is 29.6 Å². The zero-order valence-electron chi connectivity index (χ0n) is 10.8. The Morgan fingerprint density at radius 1 is 1.47 bits per heavy atom. The molecule has 1 amide bonds. The van der Waals surface area contributed by atoms with Crippen molar-refractivity contribution in [2.24, 2.45) is 0 Å². The Balaban J connectivity index is 2.73. The number of carbonyl (C=O) groups excluding carboxylic acids is 1. The van der Waals surface area contributed by atoms with Gasteiger partial charge in [0, 0.05) is 11.1 Å². The quantitative estimate of drug-likeness (QED) is 0.816. The SMILES string of the molecule is CCC(C)(NC(=O)C=Cc1cccc(Cl)c1)C(=O)O. The van der Waals surface area contributed by atoms with Crippen molar-refractivity contribution in [3.63, 3.8) is 0 Å². The van der Waals surface area contributed by atoms with E-state index < -0.39 is 17.4 Å². The van der Waals surface area contributed by atoms with Crippen molar-refractivity contribution in [3.05, 3.63) is 40.9 Å². The Morgan fingerprint density at radius 2 is 2.16 bits per heavy atom. The second-order valence-electron chi connectivity index (χ2n) is 4.37. The highest BCUT2D eigenvalue weighted by Crippen LogP contribution is 2.12. The standard InChI is InChI=1S/C14H16ClNO3/c1-3-14(2,13(18)19)16-12(17)8-7-10-5-4-6-11(15)9-10/h4-9H,3H2,1-2H3,(H,16,17)(H,18,19). The van der Waals surface area contributed by atoms with Gasteiger partial charge in [-0.1, -0.05) is 30.7 Å². The normalized spacial score (nSPS) is 14.1. The monoisotopic (exact) mass is 281 g/mol. The highest BCUT2D eigenvalue weighted by atomic mass is 35.5. The molecule has 0 aliphatic carbocycles. The molecule has 0 aliphatic heterocycles. The number of carbonyl (C=O) groups is 2. The summed E-state index contributed by atoms with van der Waals surface area (Å²) in [5.74, 6) is -1.51. The van der Waals surface area contributed by atoms with E-state index in [1.807, 2.05) is 0 Å². The first-order chi connectivity index (χ1) is 8.87. The second kappa shape index (κ2) is 6.38. The van der Waals surface area contributed by atoms with Gasteiger partial charge in [-0.3, -0.25) is 4.79 Å². The molecule has 0 radical (unpaired) electrons. The summed E-state index contributed by atoms with van der Waals surface area (Å²) in [6.07, 6.45) is 3.18. The first-order valence-corrected chi connectivity index (χ1v) is 6.24. The van der Waals surface area contributed by atoms with E-state index in [-0.39, 0.29) is 0 Å². The van der Waals surface area contributed by atoms with Crippen molar-refractivity contribution in [1.29, 1.82) is 0 Å². The fraction of sp³-hybridized carbons (Fsp3) is 0.286. The van der Waals surface area contributed by atoms with E-state index >= 15 is 0 Å². The molecule has 0 bridgehead atoms. The van der Waals surface area contributed by atoms with Crippen LogP contribution in [0.3, 0.4) is 0 Å². The molecule has 102 valence electrons. The summed E-state index contributed by atoms with van der Waals surface area (Å²) in [5.41, 5.74) is -0.480. The van der Waals surface area contributed by atoms with E-state index in [9.17, 15) is 9.59 Å². The molecule has 1 aromatic carbocycles. The van der Waals surface area contributed by atoms with Gasteiger partial charge in [0.15, 0.2) is 0 Å². The Morgan fingerprint density at radius 3 is 2.68 bits per heavy atom. The van der Waals surface area contributed by atoms with Crippen molar-refractivity contribution in [2.45, 2.75) is 25.8 Å². The predicted octanol–water partition coefficient (Wildman–Crippen LogP) is 2.72. The van der Waals surface area contributed by atoms with E-state index in [1.54, 1.807) is 37.3 Å². The maximum atomic E-state index is 11.7. The second-order valence-corrected chi connectivity index (χ2v) is 4.80. The van der Waals surface area contributed by atoms with E-state index in [1.165, 1.54) is 13.0 Å². The molecule has 0 fully saturated rings. The molecule has 0 aromatic heterocycles. The van der Waals surface area contributed by atoms with Crippen LogP contribution in [-0.2, 0) is 9.59 Å². The highest BCUT2D eigenvalue weighted by Gasteiger charge is 2.31. The Bertz CT molecular complexity index is 513. The topological polar surface area (TPSA) is 66.4 Å². The van der Waals surface area contributed by atoms with Crippen LogP contribution in [0, 0.1) is 0 Å². The summed E-state index contributed by atoms with van der Waals surface area (Å²) in [6, 6.07) is 7.01. The van der Waals surface area contributed by atoms with Gasteiger partial charge in [-0.2, -0.15) is 0 Å². The third-order valence-electron chi connectivity index (χ3n) is 2.85. The maximum absolute atomic E-state index is 11.7. The lowest BCUT2D eigenvalue weighted by Crippen LogP contribution is -2.51. The third kappa shape index (κ3) is 4.41. The Kier molecular flexibility index (Phi) is 5.12. The predicted molar refractivity (Wildman–Crippen MR) is 75.0 cm³/mol. The summed E-state index contributed by atoms with van der Waals surface area (Å²) >= 11 is 5.82. The fourth-order valence-electron chi connectivity index (χ4n) is 1.39. The van der Waals surface area contributed by atoms with Gasteiger partial charge in [0.05, 0.1) is 0 Å². The molecular weight excluding hydrogens is 266 g/mol. The fourth-order valence-corrected chi connectivity index (χ4v) is 1.59. The lowest BCUT2D eigenvalue weighted by atomic mass is 9.99. The molecule has 0 saturated heterocycles. The minimum absolute atomic E-state index is 0.305. The lowest BCUT2D eigenvalue weighted by molar-refractivity contribution is -0.146. The average molecular weight is 282 g/mol. The van der Waals surface area contributed by atoms with Crippen LogP contribution in [0.4, 0.5) is 0 Å². The zero-order chi connectivity index (χ0) is 14.5. The van der Waals surface area contributed by atoms with E-state index in [0.717, 1.165) is 5.56 Å². The van der Waals surface area contributed by atoms with Gasteiger partial charge in [0.2, 0.25) is 5.91 Å². The first-order valence-electron chi connectivity index (χ1n) is 5.86. The molecule has 2 N–H and O–H groups in total. The summed E-state index contributed by atoms with van der Waals surface area (Å²) in [7, 11) is 0. The van der Waals surface area contributed by atoms with Crippen LogP contribution in [0.5, 0.6) is 0 Å². The van der Waals surface area contributed by atoms with Gasteiger partial charge in [-0.15, -0.1) is 0 Å². The molecule has 0 heterocycles. The van der Waals surface area contributed by atoms with Crippen LogP contribution in [0.15, 0.2) is 30.3 Å². The smallest absolute Gasteiger partial charge is 0.329 e. The summed E-state index contributed by atoms with van der Waals surface area (Å²) in [4.78, 5) is 22.7. The lowest BCUT2D eigenvalue weighted by Gasteiger charge is -2.23. The number of carboxylic acid groups (broad SMARTS) is 1. The summed E-state index contributed by atoms with van der Waals surface area (Å²) in [6.45, 7) is 3.18. The zero-order valence-corrected chi connectivity index (χ0v) is 11.6. The Hall–Kier alpha value is -1.81. The van der Waals surface area contributed by atoms with Crippen molar-refractivity contribution < 1.29 is 14.7 Å². The van der Waals surface area contributed by atoms with Crippen molar-refractivity contribution in [3.8, 4) is 0 Å². The summed E-state index contributed by atoms with van der Waals surface area (Å²) in [5, 5.41) is 12.1. The molecule has 0 aliphatic rings. The average Bonchev–Trinajstić information content (AvgIpc) is 2.36. The van der Waals surface area contributed by atoms with Crippen LogP contribution < -0.4 is 5.32 Å². The minimum atomic E-state index is -1.25. The number of benzene rings is 1. The minimum Gasteiger partial charge on any atom is -0.480 e. The molecule has 1 aromatic rings. The van der Waals surface area contributed by atoms with E-state index in [4.69, 9.17) is 16.7 Å². The molecule has 19 heavy (non-hydrogen) atoms. The number of hydrogen-bond donors (Lipinski definition) is 2. The molecule has 1 rings (SSSR count). The van der Waals surface area contributed by atoms with E-state index in [2.05, 4.69) is 5.32 Å². The number of nitrogens with one attached hydrogen (secondary N) is 1. The van der Waals surface area contributed by atoms with Crippen LogP contribution in [0.2, 0.25) is 5.02 Å². The molecule has 1 atom stereocenters. The molecule has 1 unspecified atom stereocenters. The highest BCUT2D eigenvalue weighted by molar-refractivity contribution is 6.30. The number of hydrogen-bond acceptors (Lipinski definition) is 2. The number of aliphatic carboxylic acids is 1. The molecule has 4 nitrogen and oxygen atoms in total. The number of amides is 1. The summed E-state index contributed by atoms with van der Waals surface area (Å²) < 4.78 is 0. The molecular formula is C14H16ClNO3. The molecule has 5 heteroatoms. The molecule has 0 saturated carbocycles. The Labute approximate surface area is 117 Å². The van der Waals surface area contributed by atoms with E-state index in [0.29, 0.717) is 11.4 Å². The van der Waals surface area contributed by atoms with Gasteiger partial charge in [-0.25, -0.2) is 4.79 Å². The van der Waals surface area contributed by atoms with Crippen molar-refractivity contribution in [2.75, 3.05) is 0 Å². The van der Waals surface area contributed by atoms with Crippen molar-refractivity contribution in [1.82, 2.24) is 5.32 Å². The van der Waals surface area contributed by atoms with Gasteiger partial charge >= 0.3 is 5.97 Å². The first kappa shape index (κ1) is 15.2. The van der Waals surface area contributed by atoms with Gasteiger partial charge in [0.25, 0.3) is 0 Å². The maximum Gasteiger partial charge on any atom is 0.329 e. The largest absolute Gasteiger partial charge is 0.480 e. The van der Waals surface area contributed by atoms with Gasteiger partial charge in [0.1, 0.15) is 5.54 Å². The van der Waals surface area contributed by atoms with Crippen LogP contribution >= 0.6 is 11.6 Å². The number of halogens is 1. The van der Waals surface area contributed by atoms with Crippen LogP contribution in [0.1, 0.15) is 25.8 Å². The van der Waals surface area contributed by atoms with Gasteiger partial charge in [-0.05, 0) is 37.1 Å². The van der Waals surface area contributed by atoms with Gasteiger partial charge < -0.3 is 10.4 Å². The van der Waals surface area contributed by atoms with Crippen LogP contribution in [-0.4, -0.2) is 22.5 Å². The molecule has 0 spiro atoms. The number of carboxylic acids is 1.